The van der Waals surface area contributed by atoms with E-state index in [1.54, 1.807) is 0 Å². The Morgan fingerprint density at radius 2 is 1.37 bits per heavy atom. The number of rotatable bonds is 15. The monoisotopic (exact) mass is 717 g/mol. The molecule has 49 heavy (non-hydrogen) atoms. The number of allylic oxidation sites excluding steroid dienone is 3. The summed E-state index contributed by atoms with van der Waals surface area (Å²) < 4.78 is 15.1. The van der Waals surface area contributed by atoms with Gasteiger partial charge in [0.1, 0.15) is 0 Å². The van der Waals surface area contributed by atoms with Gasteiger partial charge in [-0.3, -0.25) is 0 Å². The van der Waals surface area contributed by atoms with Crippen LogP contribution in [0.15, 0.2) is 35.5 Å². The Bertz CT molecular complexity index is 1160. The molecule has 1 unspecified atom stereocenters. The second-order valence-electron chi connectivity index (χ2n) is 18.5. The van der Waals surface area contributed by atoms with Gasteiger partial charge in [0.05, 0.1) is 12.2 Å². The fraction of sp³-hybridized carbons (Fsp3) is 0.833. The highest BCUT2D eigenvalue weighted by molar-refractivity contribution is 6.78. The van der Waals surface area contributed by atoms with E-state index in [0.29, 0.717) is 51.5 Å². The first kappa shape index (κ1) is 42.4. The summed E-state index contributed by atoms with van der Waals surface area (Å²) in [5.74, 6) is -0.0168. The normalized spacial score (nSPS) is 30.1. The largest absolute Gasteiger partial charge is 0.479 e. The molecule has 0 heterocycles. The Labute approximate surface area is 304 Å². The topological polar surface area (TPSA) is 76.0 Å². The van der Waals surface area contributed by atoms with Gasteiger partial charge in [0.15, 0.2) is 6.10 Å². The summed E-state index contributed by atoms with van der Waals surface area (Å²) in [4.78, 5) is 11.4. The number of aliphatic hydroxyl groups is 1. The summed E-state index contributed by atoms with van der Waals surface area (Å²) in [6, 6.07) is 0. The van der Waals surface area contributed by atoms with Crippen LogP contribution in [-0.4, -0.2) is 51.1 Å². The van der Waals surface area contributed by atoms with Crippen LogP contribution in [0.5, 0.6) is 0 Å². The van der Waals surface area contributed by atoms with Gasteiger partial charge in [-0.1, -0.05) is 121 Å². The summed E-state index contributed by atoms with van der Waals surface area (Å²) in [6.07, 6.45) is 11.4. The van der Waals surface area contributed by atoms with Gasteiger partial charge in [-0.25, -0.2) is 4.79 Å². The highest BCUT2D eigenvalue weighted by Crippen LogP contribution is 2.60. The van der Waals surface area contributed by atoms with Gasteiger partial charge in [0.25, 0.3) is 0 Å². The Morgan fingerprint density at radius 3 is 1.86 bits per heavy atom. The number of carboxylic acid groups (broad SMARTS) is 1. The van der Waals surface area contributed by atoms with E-state index in [1.165, 1.54) is 17.6 Å². The van der Waals surface area contributed by atoms with E-state index in [4.69, 9.17) is 15.4 Å². The van der Waals surface area contributed by atoms with E-state index in [0.717, 1.165) is 44.1 Å². The first-order chi connectivity index (χ1) is 22.7. The van der Waals surface area contributed by atoms with Gasteiger partial charge in [-0.2, -0.15) is 0 Å². The van der Waals surface area contributed by atoms with Crippen molar-refractivity contribution in [1.29, 1.82) is 0 Å². The van der Waals surface area contributed by atoms with Crippen LogP contribution in [0, 0.1) is 23.2 Å². The molecular formula is C42H76O5Si2. The molecule has 0 radical (unpaired) electrons. The predicted molar refractivity (Wildman–Crippen MR) is 212 cm³/mol. The lowest BCUT2D eigenvalue weighted by Gasteiger charge is -2.49. The van der Waals surface area contributed by atoms with Crippen molar-refractivity contribution in [2.45, 2.75) is 200 Å². The minimum atomic E-state index is -2.16. The van der Waals surface area contributed by atoms with Gasteiger partial charge in [-0.05, 0) is 113 Å². The number of aliphatic hydroxyl groups excluding tert-OH is 1. The molecule has 0 amide bonds. The van der Waals surface area contributed by atoms with E-state index in [2.05, 4.69) is 109 Å². The molecule has 7 atom stereocenters. The van der Waals surface area contributed by atoms with Gasteiger partial charge in [0.2, 0.25) is 16.6 Å². The van der Waals surface area contributed by atoms with E-state index >= 15 is 0 Å². The lowest BCUT2D eigenvalue weighted by Crippen LogP contribution is -2.54. The molecule has 0 aliphatic heterocycles. The van der Waals surface area contributed by atoms with Crippen molar-refractivity contribution in [3.8, 4) is 0 Å². The molecule has 0 saturated heterocycles. The SMILES string of the molecule is C=C1C(=CC=C2CCC[C@]3(C)[C@@H]([C@H](C)CC(O)C(=O)O)CC[C@@H]23)C[C@H](O[Si](C(C)C)(C(C)C)C(C)C)C[C@H]1O[Si](C(C)C)(C(C)C)C(C)C. The quantitative estimate of drug-likeness (QED) is 0.165. The van der Waals surface area contributed by atoms with E-state index in [-0.39, 0.29) is 23.5 Å². The zero-order valence-electron chi connectivity index (χ0n) is 34.1. The molecule has 3 saturated carbocycles. The van der Waals surface area contributed by atoms with Crippen molar-refractivity contribution in [1.82, 2.24) is 0 Å². The summed E-state index contributed by atoms with van der Waals surface area (Å²) in [7, 11) is -4.27. The summed E-state index contributed by atoms with van der Waals surface area (Å²) >= 11 is 0. The molecule has 5 nitrogen and oxygen atoms in total. The van der Waals surface area contributed by atoms with Crippen LogP contribution in [0.2, 0.25) is 33.2 Å². The molecule has 3 rings (SSSR count). The number of aliphatic carboxylic acids is 1. The number of carbonyl (C=O) groups is 1. The minimum absolute atomic E-state index is 0.0329. The molecule has 3 fully saturated rings. The Hall–Kier alpha value is -0.996. The Morgan fingerprint density at radius 1 is 0.857 bits per heavy atom. The van der Waals surface area contributed by atoms with E-state index in [9.17, 15) is 15.0 Å². The minimum Gasteiger partial charge on any atom is -0.479 e. The van der Waals surface area contributed by atoms with Crippen LogP contribution >= 0.6 is 0 Å². The molecule has 7 heteroatoms. The average Bonchev–Trinajstić information content (AvgIpc) is 3.35. The Balaban J connectivity index is 2.03. The maximum atomic E-state index is 11.4. The fourth-order valence-corrected chi connectivity index (χ4v) is 22.9. The van der Waals surface area contributed by atoms with Gasteiger partial charge >= 0.3 is 5.97 Å². The van der Waals surface area contributed by atoms with Crippen molar-refractivity contribution >= 4 is 22.6 Å². The van der Waals surface area contributed by atoms with Crippen LogP contribution in [0.1, 0.15) is 148 Å². The Kier molecular flexibility index (Phi) is 14.5. The first-order valence-corrected chi connectivity index (χ1v) is 24.3. The zero-order chi connectivity index (χ0) is 37.2. The van der Waals surface area contributed by atoms with Crippen molar-refractivity contribution < 1.29 is 23.9 Å². The summed E-state index contributed by atoms with van der Waals surface area (Å²) in [5, 5.41) is 19.5. The number of fused-ring (bicyclic) bond motifs is 1. The zero-order valence-corrected chi connectivity index (χ0v) is 36.1. The summed E-state index contributed by atoms with van der Waals surface area (Å²) in [5.41, 5.74) is 7.20. The highest BCUT2D eigenvalue weighted by Gasteiger charge is 2.52. The second-order valence-corrected chi connectivity index (χ2v) is 29.4. The van der Waals surface area contributed by atoms with Crippen LogP contribution in [0.4, 0.5) is 0 Å². The van der Waals surface area contributed by atoms with Crippen molar-refractivity contribution in [2.24, 2.45) is 23.2 Å². The summed E-state index contributed by atoms with van der Waals surface area (Å²) in [6.45, 7) is 37.9. The molecule has 282 valence electrons. The van der Waals surface area contributed by atoms with Gasteiger partial charge in [-0.15, -0.1) is 0 Å². The average molecular weight is 717 g/mol. The molecule has 0 aromatic carbocycles. The van der Waals surface area contributed by atoms with Gasteiger partial charge in [0, 0.05) is 6.42 Å². The van der Waals surface area contributed by atoms with Crippen molar-refractivity contribution in [3.63, 3.8) is 0 Å². The number of hydrogen-bond acceptors (Lipinski definition) is 4. The molecule has 0 aromatic heterocycles. The maximum absolute atomic E-state index is 11.4. The van der Waals surface area contributed by atoms with E-state index < -0.39 is 28.7 Å². The van der Waals surface area contributed by atoms with Gasteiger partial charge < -0.3 is 19.1 Å². The molecule has 0 spiro atoms. The van der Waals surface area contributed by atoms with Crippen LogP contribution in [0.25, 0.3) is 0 Å². The molecule has 3 aliphatic rings. The van der Waals surface area contributed by atoms with Crippen molar-refractivity contribution in [2.75, 3.05) is 0 Å². The molecule has 2 N–H and O–H groups in total. The third kappa shape index (κ3) is 8.47. The lowest BCUT2D eigenvalue weighted by molar-refractivity contribution is -0.147. The van der Waals surface area contributed by atoms with Crippen LogP contribution in [-0.2, 0) is 13.6 Å². The van der Waals surface area contributed by atoms with Crippen LogP contribution < -0.4 is 0 Å². The second kappa shape index (κ2) is 16.8. The standard InChI is InChI=1S/C42H76O5Si2/c1-26(2)48(27(3)4,28(5)6)46-36-24-35(33(14)40(25-36)47-49(29(7)8,30(9)10)31(11)12)19-18-34-17-16-22-42(15)37(20-21-38(34)42)32(13)23-39(43)41(44)45/h18-19,26-32,36-40,43H,14,16-17,20-25H2,1-13,15H3,(H,44,45)/t32-,36+,37-,38+,39?,40-,42-/m1/s1. The number of carboxylic acids is 1. The third-order valence-corrected chi connectivity index (χ3v) is 26.2. The molecule has 0 aromatic rings. The number of hydrogen-bond donors (Lipinski definition) is 2. The first-order valence-electron chi connectivity index (χ1n) is 20.0. The molecule has 0 bridgehead atoms. The maximum Gasteiger partial charge on any atom is 0.332 e. The van der Waals surface area contributed by atoms with E-state index in [1.807, 2.05) is 0 Å². The third-order valence-electron chi connectivity index (χ3n) is 14.0. The molecular weight excluding hydrogens is 641 g/mol. The van der Waals surface area contributed by atoms with Crippen LogP contribution in [0.3, 0.4) is 0 Å². The smallest absolute Gasteiger partial charge is 0.332 e. The highest BCUT2D eigenvalue weighted by atomic mass is 28.4. The predicted octanol–water partition coefficient (Wildman–Crippen LogP) is 12.0. The lowest BCUT2D eigenvalue weighted by atomic mass is 9.60. The molecule has 3 aliphatic carbocycles. The fourth-order valence-electron chi connectivity index (χ4n) is 11.8. The van der Waals surface area contributed by atoms with Crippen molar-refractivity contribution in [3.05, 3.63) is 35.5 Å².